The summed E-state index contributed by atoms with van der Waals surface area (Å²) in [5.74, 6) is 0.977. The number of pyridine rings is 1. The Balaban J connectivity index is 1.76. The largest absolute Gasteiger partial charge is 0.493 e. The minimum Gasteiger partial charge on any atom is -0.493 e. The first-order chi connectivity index (χ1) is 13.5. The predicted octanol–water partition coefficient (Wildman–Crippen LogP) is 3.61. The minimum atomic E-state index is -3.96. The van der Waals surface area contributed by atoms with Crippen LogP contribution >= 0.6 is 0 Å². The standard InChI is InChI=1S/C20H19N3O4S/c1-15-6-9-17(10-7-15)28(24,25)27-18-11-8-16(13-19(18)26-2)14-22-23-20-5-3-4-12-21-20/h3-14H,1-2H3,(H,21,23)/b22-14-. The van der Waals surface area contributed by atoms with Crippen molar-refractivity contribution in [3.8, 4) is 11.5 Å². The van der Waals surface area contributed by atoms with E-state index in [0.29, 0.717) is 11.4 Å². The fraction of sp³-hybridized carbons (Fsp3) is 0.100. The molecule has 0 fully saturated rings. The monoisotopic (exact) mass is 397 g/mol. The quantitative estimate of drug-likeness (QED) is 0.372. The van der Waals surface area contributed by atoms with Gasteiger partial charge in [-0.3, -0.25) is 5.43 Å². The molecule has 0 spiro atoms. The molecule has 0 saturated carbocycles. The molecule has 0 aliphatic rings. The third-order valence-corrected chi connectivity index (χ3v) is 5.00. The van der Waals surface area contributed by atoms with Crippen LogP contribution in [-0.2, 0) is 10.1 Å². The predicted molar refractivity (Wildman–Crippen MR) is 107 cm³/mol. The van der Waals surface area contributed by atoms with E-state index in [-0.39, 0.29) is 16.4 Å². The van der Waals surface area contributed by atoms with Crippen LogP contribution < -0.4 is 14.3 Å². The van der Waals surface area contributed by atoms with Gasteiger partial charge < -0.3 is 8.92 Å². The lowest BCUT2D eigenvalue weighted by molar-refractivity contribution is 0.390. The van der Waals surface area contributed by atoms with E-state index in [4.69, 9.17) is 8.92 Å². The molecular formula is C20H19N3O4S. The van der Waals surface area contributed by atoms with Gasteiger partial charge in [0.1, 0.15) is 10.7 Å². The molecule has 144 valence electrons. The van der Waals surface area contributed by atoms with E-state index in [9.17, 15) is 8.42 Å². The Kier molecular flexibility index (Phi) is 5.90. The maximum atomic E-state index is 12.5. The average molecular weight is 397 g/mol. The highest BCUT2D eigenvalue weighted by atomic mass is 32.2. The van der Waals surface area contributed by atoms with Crippen molar-refractivity contribution in [2.45, 2.75) is 11.8 Å². The van der Waals surface area contributed by atoms with E-state index in [2.05, 4.69) is 15.5 Å². The summed E-state index contributed by atoms with van der Waals surface area (Å²) in [6.07, 6.45) is 3.22. The summed E-state index contributed by atoms with van der Waals surface area (Å²) in [6, 6.07) is 16.7. The van der Waals surface area contributed by atoms with E-state index >= 15 is 0 Å². The molecule has 3 rings (SSSR count). The molecule has 2 aromatic carbocycles. The minimum absolute atomic E-state index is 0.0744. The van der Waals surface area contributed by atoms with Gasteiger partial charge in [-0.25, -0.2) is 4.98 Å². The van der Waals surface area contributed by atoms with Gasteiger partial charge in [-0.15, -0.1) is 0 Å². The van der Waals surface area contributed by atoms with Crippen molar-refractivity contribution >= 4 is 22.2 Å². The number of ether oxygens (including phenoxy) is 1. The fourth-order valence-corrected chi connectivity index (χ4v) is 3.25. The molecule has 0 aliphatic heterocycles. The summed E-state index contributed by atoms with van der Waals surface area (Å²) in [5, 5.41) is 4.10. The normalized spacial score (nSPS) is 11.4. The van der Waals surface area contributed by atoms with E-state index in [1.54, 1.807) is 42.7 Å². The smallest absolute Gasteiger partial charge is 0.339 e. The Morgan fingerprint density at radius 3 is 2.50 bits per heavy atom. The first kappa shape index (κ1) is 19.4. The second kappa shape index (κ2) is 8.53. The summed E-state index contributed by atoms with van der Waals surface area (Å²) in [6.45, 7) is 1.88. The Morgan fingerprint density at radius 2 is 1.82 bits per heavy atom. The maximum Gasteiger partial charge on any atom is 0.339 e. The van der Waals surface area contributed by atoms with Gasteiger partial charge in [0.25, 0.3) is 0 Å². The highest BCUT2D eigenvalue weighted by Crippen LogP contribution is 2.30. The van der Waals surface area contributed by atoms with Gasteiger partial charge in [-0.05, 0) is 55.0 Å². The van der Waals surface area contributed by atoms with Crippen molar-refractivity contribution in [1.29, 1.82) is 0 Å². The average Bonchev–Trinajstić information content (AvgIpc) is 2.70. The van der Waals surface area contributed by atoms with Crippen molar-refractivity contribution in [3.63, 3.8) is 0 Å². The first-order valence-electron chi connectivity index (χ1n) is 8.37. The van der Waals surface area contributed by atoms with Crippen molar-refractivity contribution in [2.75, 3.05) is 12.5 Å². The van der Waals surface area contributed by atoms with Crippen LogP contribution in [-0.4, -0.2) is 26.7 Å². The molecule has 0 atom stereocenters. The zero-order valence-corrected chi connectivity index (χ0v) is 16.2. The van der Waals surface area contributed by atoms with E-state index in [0.717, 1.165) is 5.56 Å². The second-order valence-electron chi connectivity index (χ2n) is 5.85. The number of rotatable bonds is 7. The zero-order valence-electron chi connectivity index (χ0n) is 15.4. The molecule has 0 amide bonds. The molecular weight excluding hydrogens is 378 g/mol. The lowest BCUT2D eigenvalue weighted by Gasteiger charge is -2.11. The number of nitrogens with one attached hydrogen (secondary N) is 1. The van der Waals surface area contributed by atoms with Gasteiger partial charge in [0.05, 0.1) is 13.3 Å². The van der Waals surface area contributed by atoms with Crippen molar-refractivity contribution in [3.05, 3.63) is 78.0 Å². The SMILES string of the molecule is COc1cc(/C=N\Nc2ccccn2)ccc1OS(=O)(=O)c1ccc(C)cc1. The molecule has 1 aromatic heterocycles. The Morgan fingerprint density at radius 1 is 1.04 bits per heavy atom. The number of aromatic nitrogens is 1. The van der Waals surface area contributed by atoms with Crippen molar-refractivity contribution in [2.24, 2.45) is 5.10 Å². The molecule has 0 bridgehead atoms. The maximum absolute atomic E-state index is 12.5. The Labute approximate surface area is 163 Å². The highest BCUT2D eigenvalue weighted by molar-refractivity contribution is 7.87. The first-order valence-corrected chi connectivity index (χ1v) is 9.78. The topological polar surface area (TPSA) is 89.9 Å². The number of methoxy groups -OCH3 is 1. The van der Waals surface area contributed by atoms with Gasteiger partial charge in [-0.2, -0.15) is 13.5 Å². The van der Waals surface area contributed by atoms with E-state index in [1.807, 2.05) is 19.1 Å². The molecule has 0 radical (unpaired) electrons. The fourth-order valence-electron chi connectivity index (χ4n) is 2.31. The number of aryl methyl sites for hydroxylation is 1. The van der Waals surface area contributed by atoms with Crippen LogP contribution in [0, 0.1) is 6.92 Å². The number of hydrazone groups is 1. The van der Waals surface area contributed by atoms with Crippen LogP contribution in [0.5, 0.6) is 11.5 Å². The number of benzene rings is 2. The number of hydrogen-bond acceptors (Lipinski definition) is 7. The van der Waals surface area contributed by atoms with Crippen molar-refractivity contribution < 1.29 is 17.3 Å². The number of anilines is 1. The Bertz CT molecular complexity index is 1070. The molecule has 0 aliphatic carbocycles. The van der Waals surface area contributed by atoms with Crippen LogP contribution in [0.15, 0.2) is 76.9 Å². The Hall–Kier alpha value is -3.39. The van der Waals surface area contributed by atoms with Gasteiger partial charge in [0.2, 0.25) is 0 Å². The summed E-state index contributed by atoms with van der Waals surface area (Å²) in [5.41, 5.74) is 4.45. The molecule has 3 aromatic rings. The summed E-state index contributed by atoms with van der Waals surface area (Å²) < 4.78 is 35.5. The lowest BCUT2D eigenvalue weighted by atomic mass is 10.2. The third kappa shape index (κ3) is 4.86. The second-order valence-corrected chi connectivity index (χ2v) is 7.39. The van der Waals surface area contributed by atoms with Gasteiger partial charge in [0, 0.05) is 6.20 Å². The molecule has 0 saturated heterocycles. The molecule has 0 unspecified atom stereocenters. The van der Waals surface area contributed by atoms with Gasteiger partial charge in [0.15, 0.2) is 11.5 Å². The van der Waals surface area contributed by atoms with Crippen LogP contribution in [0.1, 0.15) is 11.1 Å². The van der Waals surface area contributed by atoms with Gasteiger partial charge >= 0.3 is 10.1 Å². The molecule has 1 heterocycles. The summed E-state index contributed by atoms with van der Waals surface area (Å²) in [7, 11) is -2.52. The molecule has 8 heteroatoms. The zero-order chi connectivity index (χ0) is 20.0. The lowest BCUT2D eigenvalue weighted by Crippen LogP contribution is -2.10. The van der Waals surface area contributed by atoms with Crippen LogP contribution in [0.25, 0.3) is 0 Å². The number of hydrogen-bond donors (Lipinski definition) is 1. The molecule has 7 nitrogen and oxygen atoms in total. The number of nitrogens with zero attached hydrogens (tertiary/aromatic N) is 2. The van der Waals surface area contributed by atoms with Crippen LogP contribution in [0.3, 0.4) is 0 Å². The summed E-state index contributed by atoms with van der Waals surface area (Å²) in [4.78, 5) is 4.17. The summed E-state index contributed by atoms with van der Waals surface area (Å²) >= 11 is 0. The van der Waals surface area contributed by atoms with Crippen LogP contribution in [0.2, 0.25) is 0 Å². The van der Waals surface area contributed by atoms with Gasteiger partial charge in [-0.1, -0.05) is 23.8 Å². The van der Waals surface area contributed by atoms with E-state index < -0.39 is 10.1 Å². The molecule has 28 heavy (non-hydrogen) atoms. The third-order valence-electron chi connectivity index (χ3n) is 3.75. The van der Waals surface area contributed by atoms with E-state index in [1.165, 1.54) is 25.3 Å². The molecule has 1 N–H and O–H groups in total. The van der Waals surface area contributed by atoms with Crippen molar-refractivity contribution in [1.82, 2.24) is 4.98 Å². The van der Waals surface area contributed by atoms with Crippen LogP contribution in [0.4, 0.5) is 5.82 Å². The highest BCUT2D eigenvalue weighted by Gasteiger charge is 2.19.